The topological polar surface area (TPSA) is 35.8 Å². The van der Waals surface area contributed by atoms with Gasteiger partial charge in [0.1, 0.15) is 17.4 Å². The molecule has 0 heterocycles. The molecule has 2 rings (SSSR count). The lowest BCUT2D eigenvalue weighted by atomic mass is 10.1. The third kappa shape index (κ3) is 2.73. The molecule has 0 bridgehead atoms. The third-order valence-corrected chi connectivity index (χ3v) is 2.70. The van der Waals surface area contributed by atoms with Gasteiger partial charge in [0.2, 0.25) is 0 Å². The fourth-order valence-corrected chi connectivity index (χ4v) is 2.05. The van der Waals surface area contributed by atoms with Gasteiger partial charge in [-0.2, -0.15) is 5.26 Å². The number of hydrogen-bond acceptors (Lipinski definition) is 2. The molecule has 0 saturated carbocycles. The van der Waals surface area contributed by atoms with Gasteiger partial charge in [0.25, 0.3) is 0 Å². The van der Waals surface area contributed by atoms with E-state index in [0.29, 0.717) is 21.4 Å². The van der Waals surface area contributed by atoms with E-state index in [-0.39, 0.29) is 5.56 Å². The summed E-state index contributed by atoms with van der Waals surface area (Å²) in [5, 5.41) is 12.7. The van der Waals surface area contributed by atoms with Crippen LogP contribution in [0.2, 0.25) is 10.0 Å². The van der Waals surface area contributed by atoms with E-state index in [1.165, 1.54) is 12.1 Å². The van der Waals surface area contributed by atoms with Gasteiger partial charge in [0.05, 0.1) is 5.69 Å². The van der Waals surface area contributed by atoms with Crippen molar-refractivity contribution in [3.05, 3.63) is 57.8 Å². The van der Waals surface area contributed by atoms with E-state index in [2.05, 4.69) is 5.32 Å². The lowest BCUT2D eigenvalue weighted by Gasteiger charge is -2.09. The minimum atomic E-state index is -0.573. The van der Waals surface area contributed by atoms with Gasteiger partial charge >= 0.3 is 0 Å². The summed E-state index contributed by atoms with van der Waals surface area (Å²) < 4.78 is 13.4. The SMILES string of the molecule is N#Cc1c(F)cccc1Nc1cc(Cl)cc(Cl)c1. The number of nitriles is 1. The summed E-state index contributed by atoms with van der Waals surface area (Å²) in [6.07, 6.45) is 0. The molecule has 0 aromatic heterocycles. The van der Waals surface area contributed by atoms with E-state index in [1.807, 2.05) is 6.07 Å². The number of nitrogens with zero attached hydrogens (tertiary/aromatic N) is 1. The first kappa shape index (κ1) is 12.7. The predicted octanol–water partition coefficient (Wildman–Crippen LogP) is 4.75. The van der Waals surface area contributed by atoms with Crippen LogP contribution in [-0.4, -0.2) is 0 Å². The molecule has 0 amide bonds. The molecule has 0 aliphatic carbocycles. The van der Waals surface area contributed by atoms with E-state index in [4.69, 9.17) is 28.5 Å². The molecule has 0 radical (unpaired) electrons. The van der Waals surface area contributed by atoms with Crippen LogP contribution in [0.25, 0.3) is 0 Å². The molecule has 0 spiro atoms. The Hall–Kier alpha value is -1.76. The summed E-state index contributed by atoms with van der Waals surface area (Å²) in [5.74, 6) is -0.573. The summed E-state index contributed by atoms with van der Waals surface area (Å²) in [5.41, 5.74) is 0.916. The molecule has 2 aromatic rings. The van der Waals surface area contributed by atoms with Crippen LogP contribution in [0.1, 0.15) is 5.56 Å². The smallest absolute Gasteiger partial charge is 0.143 e. The minimum Gasteiger partial charge on any atom is -0.354 e. The number of benzene rings is 2. The van der Waals surface area contributed by atoms with Crippen LogP contribution in [-0.2, 0) is 0 Å². The molecular weight excluding hydrogens is 274 g/mol. The van der Waals surface area contributed by atoms with Crippen molar-refractivity contribution in [2.45, 2.75) is 0 Å². The highest BCUT2D eigenvalue weighted by Crippen LogP contribution is 2.27. The van der Waals surface area contributed by atoms with Crippen LogP contribution >= 0.6 is 23.2 Å². The molecular formula is C13H7Cl2FN2. The van der Waals surface area contributed by atoms with Crippen LogP contribution < -0.4 is 5.32 Å². The van der Waals surface area contributed by atoms with E-state index >= 15 is 0 Å². The predicted molar refractivity (Wildman–Crippen MR) is 70.9 cm³/mol. The maximum atomic E-state index is 13.4. The largest absolute Gasteiger partial charge is 0.354 e. The molecule has 0 atom stereocenters. The second kappa shape index (κ2) is 5.26. The summed E-state index contributed by atoms with van der Waals surface area (Å²) in [7, 11) is 0. The highest BCUT2D eigenvalue weighted by atomic mass is 35.5. The average Bonchev–Trinajstić information content (AvgIpc) is 2.27. The van der Waals surface area contributed by atoms with Gasteiger partial charge in [-0.3, -0.25) is 0 Å². The molecule has 0 aliphatic rings. The second-order valence-electron chi connectivity index (χ2n) is 3.56. The van der Waals surface area contributed by atoms with E-state index < -0.39 is 5.82 Å². The molecule has 18 heavy (non-hydrogen) atoms. The molecule has 0 saturated heterocycles. The van der Waals surface area contributed by atoms with Crippen LogP contribution in [0.3, 0.4) is 0 Å². The zero-order valence-corrected chi connectivity index (χ0v) is 10.6. The highest BCUT2D eigenvalue weighted by molar-refractivity contribution is 6.35. The van der Waals surface area contributed by atoms with Gasteiger partial charge in [-0.05, 0) is 30.3 Å². The molecule has 0 unspecified atom stereocenters. The first-order valence-corrected chi connectivity index (χ1v) is 5.77. The maximum absolute atomic E-state index is 13.4. The fourth-order valence-electron chi connectivity index (χ4n) is 1.52. The lowest BCUT2D eigenvalue weighted by molar-refractivity contribution is 0.624. The molecule has 0 fully saturated rings. The first-order chi connectivity index (χ1) is 8.60. The Morgan fingerprint density at radius 1 is 1.11 bits per heavy atom. The third-order valence-electron chi connectivity index (χ3n) is 2.27. The quantitative estimate of drug-likeness (QED) is 0.862. The molecule has 5 heteroatoms. The molecule has 1 N–H and O–H groups in total. The van der Waals surface area contributed by atoms with E-state index in [1.54, 1.807) is 24.3 Å². The Kier molecular flexibility index (Phi) is 3.71. The Balaban J connectivity index is 2.40. The van der Waals surface area contributed by atoms with Crippen molar-refractivity contribution in [1.82, 2.24) is 0 Å². The summed E-state index contributed by atoms with van der Waals surface area (Å²) >= 11 is 11.7. The lowest BCUT2D eigenvalue weighted by Crippen LogP contribution is -1.96. The minimum absolute atomic E-state index is 0.0476. The van der Waals surface area contributed by atoms with Gasteiger partial charge in [-0.15, -0.1) is 0 Å². The van der Waals surface area contributed by atoms with Crippen LogP contribution in [0.15, 0.2) is 36.4 Å². The summed E-state index contributed by atoms with van der Waals surface area (Å²) in [6.45, 7) is 0. The number of rotatable bonds is 2. The van der Waals surface area contributed by atoms with E-state index in [9.17, 15) is 4.39 Å². The van der Waals surface area contributed by atoms with Crippen molar-refractivity contribution in [1.29, 1.82) is 5.26 Å². The normalized spacial score (nSPS) is 9.89. The van der Waals surface area contributed by atoms with Crippen molar-refractivity contribution < 1.29 is 4.39 Å². The monoisotopic (exact) mass is 280 g/mol. The Morgan fingerprint density at radius 3 is 2.39 bits per heavy atom. The van der Waals surface area contributed by atoms with Gasteiger partial charge in [0.15, 0.2) is 0 Å². The van der Waals surface area contributed by atoms with Crippen LogP contribution in [0.4, 0.5) is 15.8 Å². The van der Waals surface area contributed by atoms with Crippen LogP contribution in [0, 0.1) is 17.1 Å². The molecule has 2 aromatic carbocycles. The standard InChI is InChI=1S/C13H7Cl2FN2/c14-8-4-9(15)6-10(5-8)18-13-3-1-2-12(16)11(13)7-17/h1-6,18H. The summed E-state index contributed by atoms with van der Waals surface area (Å²) in [6, 6.07) is 11.0. The van der Waals surface area contributed by atoms with Crippen molar-refractivity contribution in [3.63, 3.8) is 0 Å². The van der Waals surface area contributed by atoms with E-state index in [0.717, 1.165) is 0 Å². The second-order valence-corrected chi connectivity index (χ2v) is 4.43. The molecule has 0 aliphatic heterocycles. The Bertz CT molecular complexity index is 615. The zero-order valence-electron chi connectivity index (χ0n) is 9.05. The van der Waals surface area contributed by atoms with Gasteiger partial charge in [0, 0.05) is 15.7 Å². The number of hydrogen-bond donors (Lipinski definition) is 1. The first-order valence-electron chi connectivity index (χ1n) is 5.02. The van der Waals surface area contributed by atoms with Crippen molar-refractivity contribution >= 4 is 34.6 Å². The average molecular weight is 281 g/mol. The zero-order chi connectivity index (χ0) is 13.1. The van der Waals surface area contributed by atoms with Crippen molar-refractivity contribution in [2.24, 2.45) is 0 Å². The van der Waals surface area contributed by atoms with Gasteiger partial charge in [-0.1, -0.05) is 29.3 Å². The van der Waals surface area contributed by atoms with Crippen molar-refractivity contribution in [3.8, 4) is 6.07 Å². The van der Waals surface area contributed by atoms with Gasteiger partial charge < -0.3 is 5.32 Å². The summed E-state index contributed by atoms with van der Waals surface area (Å²) in [4.78, 5) is 0. The molecule has 90 valence electrons. The maximum Gasteiger partial charge on any atom is 0.143 e. The number of anilines is 2. The fraction of sp³-hybridized carbons (Fsp3) is 0. The Labute approximate surface area is 114 Å². The number of halogens is 3. The highest BCUT2D eigenvalue weighted by Gasteiger charge is 2.08. The van der Waals surface area contributed by atoms with Gasteiger partial charge in [-0.25, -0.2) is 4.39 Å². The number of nitrogens with one attached hydrogen (secondary N) is 1. The Morgan fingerprint density at radius 2 is 1.78 bits per heavy atom. The van der Waals surface area contributed by atoms with Crippen molar-refractivity contribution in [2.75, 3.05) is 5.32 Å². The van der Waals surface area contributed by atoms with Crippen LogP contribution in [0.5, 0.6) is 0 Å². The molecule has 2 nitrogen and oxygen atoms in total.